The normalized spacial score (nSPS) is 26.0. The second-order valence-corrected chi connectivity index (χ2v) is 8.30. The van der Waals surface area contributed by atoms with Crippen LogP contribution in [-0.4, -0.2) is 54.2 Å². The molecule has 0 aromatic carbocycles. The zero-order valence-corrected chi connectivity index (χ0v) is 15.4. The molecule has 3 N–H and O–H groups in total. The number of nitrogens with one attached hydrogen (secondary N) is 1. The maximum Gasteiger partial charge on any atom is 0.237 e. The summed E-state index contributed by atoms with van der Waals surface area (Å²) in [5.74, 6) is 0.150. The van der Waals surface area contributed by atoms with Gasteiger partial charge in [0.15, 0.2) is 0 Å². The van der Waals surface area contributed by atoms with Gasteiger partial charge in [0.1, 0.15) is 0 Å². The van der Waals surface area contributed by atoms with Crippen LogP contribution in [-0.2, 0) is 9.53 Å². The lowest BCUT2D eigenvalue weighted by atomic mass is 9.79. The minimum absolute atomic E-state index is 0.0162. The van der Waals surface area contributed by atoms with Crippen molar-refractivity contribution < 1.29 is 9.53 Å². The van der Waals surface area contributed by atoms with Crippen molar-refractivity contribution in [3.8, 4) is 0 Å². The molecule has 1 saturated heterocycles. The molecule has 1 atom stereocenters. The lowest BCUT2D eigenvalue weighted by Gasteiger charge is -2.51. The Morgan fingerprint density at radius 3 is 2.48 bits per heavy atom. The second kappa shape index (κ2) is 7.49. The van der Waals surface area contributed by atoms with E-state index in [0.29, 0.717) is 6.54 Å². The molecule has 2 aliphatic rings. The molecule has 0 unspecified atom stereocenters. The van der Waals surface area contributed by atoms with E-state index in [1.165, 1.54) is 19.3 Å². The number of nitrogens with two attached hydrogens (primary N) is 1. The van der Waals surface area contributed by atoms with Crippen molar-refractivity contribution >= 4 is 5.91 Å². The van der Waals surface area contributed by atoms with Gasteiger partial charge in [-0.25, -0.2) is 0 Å². The van der Waals surface area contributed by atoms with Gasteiger partial charge in [0.2, 0.25) is 5.91 Å². The van der Waals surface area contributed by atoms with Gasteiger partial charge < -0.3 is 15.8 Å². The van der Waals surface area contributed by atoms with Crippen LogP contribution in [0.3, 0.4) is 0 Å². The van der Waals surface area contributed by atoms with E-state index < -0.39 is 6.04 Å². The lowest BCUT2D eigenvalue weighted by molar-refractivity contribution is -0.130. The van der Waals surface area contributed by atoms with E-state index in [1.807, 2.05) is 13.8 Å². The fourth-order valence-corrected chi connectivity index (χ4v) is 3.91. The molecular formula is C18H35N3O2. The predicted molar refractivity (Wildman–Crippen MR) is 93.2 cm³/mol. The molecule has 1 saturated carbocycles. The second-order valence-electron chi connectivity index (χ2n) is 8.30. The number of hydrogen-bond donors (Lipinski definition) is 2. The summed E-state index contributed by atoms with van der Waals surface area (Å²) in [5, 5.41) is 3.15. The zero-order valence-electron chi connectivity index (χ0n) is 15.4. The molecule has 0 spiro atoms. The Kier molecular flexibility index (Phi) is 6.09. The molecule has 1 aliphatic heterocycles. The highest BCUT2D eigenvalue weighted by molar-refractivity contribution is 5.81. The number of carbonyl (C=O) groups is 1. The maximum atomic E-state index is 12.3. The van der Waals surface area contributed by atoms with Crippen molar-refractivity contribution in [3.05, 3.63) is 0 Å². The molecule has 0 aromatic heterocycles. The van der Waals surface area contributed by atoms with Gasteiger partial charge in [0.25, 0.3) is 0 Å². The molecule has 1 aliphatic carbocycles. The molecule has 0 radical (unpaired) electrons. The van der Waals surface area contributed by atoms with E-state index in [0.717, 1.165) is 32.5 Å². The molecule has 134 valence electrons. The van der Waals surface area contributed by atoms with Crippen LogP contribution in [0.25, 0.3) is 0 Å². The number of nitrogens with zero attached hydrogens (tertiary/aromatic N) is 1. The molecule has 0 bridgehead atoms. The van der Waals surface area contributed by atoms with Crippen molar-refractivity contribution in [2.45, 2.75) is 77.0 Å². The van der Waals surface area contributed by atoms with E-state index in [9.17, 15) is 4.79 Å². The Balaban J connectivity index is 2.05. The molecule has 23 heavy (non-hydrogen) atoms. The summed E-state index contributed by atoms with van der Waals surface area (Å²) in [5.41, 5.74) is 5.96. The third-order valence-corrected chi connectivity index (χ3v) is 5.49. The van der Waals surface area contributed by atoms with Crippen LogP contribution in [0.1, 0.15) is 59.8 Å². The van der Waals surface area contributed by atoms with Gasteiger partial charge in [0, 0.05) is 25.2 Å². The summed E-state index contributed by atoms with van der Waals surface area (Å²) in [6.07, 6.45) is 6.09. The first kappa shape index (κ1) is 18.7. The first-order chi connectivity index (χ1) is 10.8. The topological polar surface area (TPSA) is 67.6 Å². The number of hydrogen-bond acceptors (Lipinski definition) is 4. The lowest BCUT2D eigenvalue weighted by Crippen LogP contribution is -2.63. The van der Waals surface area contributed by atoms with Gasteiger partial charge in [-0.05, 0) is 32.6 Å². The summed E-state index contributed by atoms with van der Waals surface area (Å²) < 4.78 is 5.88. The van der Waals surface area contributed by atoms with Crippen LogP contribution < -0.4 is 11.1 Å². The predicted octanol–water partition coefficient (Wildman–Crippen LogP) is 1.90. The van der Waals surface area contributed by atoms with E-state index >= 15 is 0 Å². The van der Waals surface area contributed by atoms with Gasteiger partial charge in [-0.1, -0.05) is 33.1 Å². The molecule has 2 fully saturated rings. The molecule has 1 amide bonds. The summed E-state index contributed by atoms with van der Waals surface area (Å²) >= 11 is 0. The first-order valence-electron chi connectivity index (χ1n) is 9.18. The van der Waals surface area contributed by atoms with Crippen LogP contribution in [0.2, 0.25) is 0 Å². The molecule has 5 heteroatoms. The number of carbonyl (C=O) groups excluding carboxylic acids is 1. The highest BCUT2D eigenvalue weighted by atomic mass is 16.5. The van der Waals surface area contributed by atoms with Crippen LogP contribution in [0.5, 0.6) is 0 Å². The fraction of sp³-hybridized carbons (Fsp3) is 0.944. The van der Waals surface area contributed by atoms with Crippen molar-refractivity contribution in [2.75, 3.05) is 26.2 Å². The van der Waals surface area contributed by atoms with E-state index in [4.69, 9.17) is 10.5 Å². The standard InChI is InChI=1S/C18H35N3O2/c1-14(2)15(19)16(22)20-12-18(8-6-5-7-9-18)21-10-11-23-17(3,4)13-21/h14-15H,5-13,19H2,1-4H3,(H,20,22)/t15-/m0/s1. The molecule has 0 aromatic rings. The Bertz CT molecular complexity index is 403. The highest BCUT2D eigenvalue weighted by Crippen LogP contribution is 2.36. The van der Waals surface area contributed by atoms with Crippen LogP contribution >= 0.6 is 0 Å². The highest BCUT2D eigenvalue weighted by Gasteiger charge is 2.42. The number of morpholine rings is 1. The Morgan fingerprint density at radius 2 is 1.91 bits per heavy atom. The Hall–Kier alpha value is -0.650. The van der Waals surface area contributed by atoms with Crippen LogP contribution in [0.4, 0.5) is 0 Å². The minimum Gasteiger partial charge on any atom is -0.373 e. The zero-order chi connectivity index (χ0) is 17.1. The van der Waals surface area contributed by atoms with E-state index in [-0.39, 0.29) is 23.0 Å². The Labute approximate surface area is 141 Å². The van der Waals surface area contributed by atoms with Gasteiger partial charge in [0.05, 0.1) is 18.2 Å². The third kappa shape index (κ3) is 4.68. The average molecular weight is 325 g/mol. The van der Waals surface area contributed by atoms with Gasteiger partial charge in [-0.3, -0.25) is 9.69 Å². The van der Waals surface area contributed by atoms with Crippen molar-refractivity contribution in [2.24, 2.45) is 11.7 Å². The monoisotopic (exact) mass is 325 g/mol. The number of amides is 1. The van der Waals surface area contributed by atoms with Crippen LogP contribution in [0, 0.1) is 5.92 Å². The summed E-state index contributed by atoms with van der Waals surface area (Å²) in [7, 11) is 0. The van der Waals surface area contributed by atoms with E-state index in [2.05, 4.69) is 24.1 Å². The van der Waals surface area contributed by atoms with Gasteiger partial charge in [-0.2, -0.15) is 0 Å². The van der Waals surface area contributed by atoms with Crippen molar-refractivity contribution in [1.82, 2.24) is 10.2 Å². The first-order valence-corrected chi connectivity index (χ1v) is 9.18. The van der Waals surface area contributed by atoms with Gasteiger partial charge in [-0.15, -0.1) is 0 Å². The Morgan fingerprint density at radius 1 is 1.26 bits per heavy atom. The number of ether oxygens (including phenoxy) is 1. The largest absolute Gasteiger partial charge is 0.373 e. The van der Waals surface area contributed by atoms with E-state index in [1.54, 1.807) is 0 Å². The van der Waals surface area contributed by atoms with Crippen molar-refractivity contribution in [3.63, 3.8) is 0 Å². The fourth-order valence-electron chi connectivity index (χ4n) is 3.91. The minimum atomic E-state index is -0.420. The maximum absolute atomic E-state index is 12.3. The SMILES string of the molecule is CC(C)[C@H](N)C(=O)NCC1(N2CCOC(C)(C)C2)CCCCC1. The summed E-state index contributed by atoms with van der Waals surface area (Å²) in [6.45, 7) is 11.7. The summed E-state index contributed by atoms with van der Waals surface area (Å²) in [4.78, 5) is 14.9. The molecule has 2 rings (SSSR count). The quantitative estimate of drug-likeness (QED) is 0.810. The number of rotatable bonds is 5. The third-order valence-electron chi connectivity index (χ3n) is 5.49. The van der Waals surface area contributed by atoms with Crippen molar-refractivity contribution in [1.29, 1.82) is 0 Å². The molecular weight excluding hydrogens is 290 g/mol. The summed E-state index contributed by atoms with van der Waals surface area (Å²) in [6, 6.07) is -0.420. The average Bonchev–Trinajstić information content (AvgIpc) is 2.51. The molecule has 5 nitrogen and oxygen atoms in total. The van der Waals surface area contributed by atoms with Crippen LogP contribution in [0.15, 0.2) is 0 Å². The van der Waals surface area contributed by atoms with Gasteiger partial charge >= 0.3 is 0 Å². The molecule has 1 heterocycles. The smallest absolute Gasteiger partial charge is 0.237 e.